The number of likely N-dealkylation sites (N-methyl/N-ethyl adjacent to an activating group) is 1. The van der Waals surface area contributed by atoms with Gasteiger partial charge in [0.05, 0.1) is 16.1 Å². The molecule has 0 aliphatic rings. The number of rotatable bonds is 5. The Morgan fingerprint density at radius 1 is 1.20 bits per heavy atom. The lowest BCUT2D eigenvalue weighted by Gasteiger charge is -2.15. The number of nitrogens with one attached hydrogen (secondary N) is 1. The molecule has 2 heterocycles. The summed E-state index contributed by atoms with van der Waals surface area (Å²) in [4.78, 5) is 9.96. The average Bonchev–Trinajstić information content (AvgIpc) is 3.16. The molecule has 0 radical (unpaired) electrons. The highest BCUT2D eigenvalue weighted by Crippen LogP contribution is 2.28. The molecule has 0 aliphatic carbocycles. The van der Waals surface area contributed by atoms with Crippen LogP contribution >= 0.6 is 22.7 Å². The number of hydrogen-bond donors (Lipinski definition) is 1. The first-order valence-electron chi connectivity index (χ1n) is 6.42. The van der Waals surface area contributed by atoms with Crippen molar-refractivity contribution in [1.29, 1.82) is 0 Å². The van der Waals surface area contributed by atoms with E-state index in [4.69, 9.17) is 4.98 Å². The van der Waals surface area contributed by atoms with E-state index in [-0.39, 0.29) is 0 Å². The van der Waals surface area contributed by atoms with E-state index in [0.717, 1.165) is 22.0 Å². The molecule has 20 heavy (non-hydrogen) atoms. The molecule has 1 unspecified atom stereocenters. The van der Waals surface area contributed by atoms with Gasteiger partial charge >= 0.3 is 0 Å². The SMILES string of the molecule is CNC(Cc1csc(-c2cncs2)n1)c1ccccc1. The summed E-state index contributed by atoms with van der Waals surface area (Å²) in [6, 6.07) is 10.8. The molecule has 1 aromatic carbocycles. The Labute approximate surface area is 126 Å². The van der Waals surface area contributed by atoms with Crippen molar-refractivity contribution in [3.05, 3.63) is 58.7 Å². The van der Waals surface area contributed by atoms with Crippen LogP contribution in [0.3, 0.4) is 0 Å². The highest BCUT2D eigenvalue weighted by atomic mass is 32.1. The molecular weight excluding hydrogens is 286 g/mol. The second-order valence-corrected chi connectivity index (χ2v) is 6.21. The van der Waals surface area contributed by atoms with Gasteiger partial charge in [-0.3, -0.25) is 4.98 Å². The molecular formula is C15H15N3S2. The van der Waals surface area contributed by atoms with E-state index in [1.165, 1.54) is 5.56 Å². The van der Waals surface area contributed by atoms with Crippen LogP contribution in [-0.2, 0) is 6.42 Å². The molecule has 2 aromatic heterocycles. The quantitative estimate of drug-likeness (QED) is 0.779. The smallest absolute Gasteiger partial charge is 0.135 e. The maximum absolute atomic E-state index is 4.71. The molecule has 1 atom stereocenters. The number of thiazole rings is 2. The minimum absolute atomic E-state index is 0.299. The Morgan fingerprint density at radius 3 is 2.75 bits per heavy atom. The van der Waals surface area contributed by atoms with Crippen LogP contribution in [0.4, 0.5) is 0 Å². The van der Waals surface area contributed by atoms with Crippen LogP contribution in [0.1, 0.15) is 17.3 Å². The molecule has 1 N–H and O–H groups in total. The van der Waals surface area contributed by atoms with Crippen LogP contribution in [0.5, 0.6) is 0 Å². The molecule has 3 aromatic rings. The van der Waals surface area contributed by atoms with Crippen LogP contribution in [0.2, 0.25) is 0 Å². The fourth-order valence-corrected chi connectivity index (χ4v) is 3.64. The Morgan fingerprint density at radius 2 is 2.05 bits per heavy atom. The van der Waals surface area contributed by atoms with Gasteiger partial charge in [0.1, 0.15) is 5.01 Å². The molecule has 0 aliphatic heterocycles. The summed E-state index contributed by atoms with van der Waals surface area (Å²) in [5.41, 5.74) is 4.26. The Bertz CT molecular complexity index is 647. The summed E-state index contributed by atoms with van der Waals surface area (Å²) in [6.07, 6.45) is 2.77. The first-order chi connectivity index (χ1) is 9.86. The van der Waals surface area contributed by atoms with Gasteiger partial charge in [-0.15, -0.1) is 22.7 Å². The second kappa shape index (κ2) is 6.26. The van der Waals surface area contributed by atoms with Crippen molar-refractivity contribution in [2.75, 3.05) is 7.05 Å². The second-order valence-electron chi connectivity index (χ2n) is 4.47. The monoisotopic (exact) mass is 301 g/mol. The molecule has 3 nitrogen and oxygen atoms in total. The average molecular weight is 301 g/mol. The van der Waals surface area contributed by atoms with E-state index >= 15 is 0 Å². The van der Waals surface area contributed by atoms with Gasteiger partial charge in [-0.25, -0.2) is 4.98 Å². The van der Waals surface area contributed by atoms with Crippen molar-refractivity contribution in [2.45, 2.75) is 12.5 Å². The lowest BCUT2D eigenvalue weighted by molar-refractivity contribution is 0.586. The zero-order chi connectivity index (χ0) is 13.8. The number of benzene rings is 1. The normalized spacial score (nSPS) is 12.4. The molecule has 5 heteroatoms. The highest BCUT2D eigenvalue weighted by Gasteiger charge is 2.13. The third-order valence-electron chi connectivity index (χ3n) is 3.16. The summed E-state index contributed by atoms with van der Waals surface area (Å²) in [6.45, 7) is 0. The predicted molar refractivity (Wildman–Crippen MR) is 85.2 cm³/mol. The predicted octanol–water partition coefficient (Wildman–Crippen LogP) is 3.77. The van der Waals surface area contributed by atoms with E-state index in [9.17, 15) is 0 Å². The van der Waals surface area contributed by atoms with Crippen molar-refractivity contribution in [3.63, 3.8) is 0 Å². The van der Waals surface area contributed by atoms with Crippen molar-refractivity contribution in [3.8, 4) is 9.88 Å². The fraction of sp³-hybridized carbons (Fsp3) is 0.200. The molecule has 0 spiro atoms. The zero-order valence-corrected chi connectivity index (χ0v) is 12.7. The summed E-state index contributed by atoms with van der Waals surface area (Å²) in [5.74, 6) is 0. The van der Waals surface area contributed by atoms with Gasteiger partial charge in [0.25, 0.3) is 0 Å². The Kier molecular flexibility index (Phi) is 4.20. The summed E-state index contributed by atoms with van der Waals surface area (Å²) >= 11 is 3.32. The van der Waals surface area contributed by atoms with Crippen molar-refractivity contribution in [2.24, 2.45) is 0 Å². The van der Waals surface area contributed by atoms with Crippen molar-refractivity contribution in [1.82, 2.24) is 15.3 Å². The van der Waals surface area contributed by atoms with E-state index in [1.807, 2.05) is 24.8 Å². The third-order valence-corrected chi connectivity index (χ3v) is 4.99. The molecule has 102 valence electrons. The van der Waals surface area contributed by atoms with E-state index < -0.39 is 0 Å². The van der Waals surface area contributed by atoms with Gasteiger partial charge in [-0.2, -0.15) is 0 Å². The molecule has 0 fully saturated rings. The molecule has 0 amide bonds. The van der Waals surface area contributed by atoms with Crippen LogP contribution in [0.15, 0.2) is 47.4 Å². The highest BCUT2D eigenvalue weighted by molar-refractivity contribution is 7.19. The van der Waals surface area contributed by atoms with Gasteiger partial charge in [-0.1, -0.05) is 30.3 Å². The lowest BCUT2D eigenvalue weighted by Crippen LogP contribution is -2.18. The van der Waals surface area contributed by atoms with Gasteiger partial charge in [-0.05, 0) is 12.6 Å². The minimum Gasteiger partial charge on any atom is -0.313 e. The largest absolute Gasteiger partial charge is 0.313 e. The molecule has 0 saturated carbocycles. The van der Waals surface area contributed by atoms with Crippen LogP contribution < -0.4 is 5.32 Å². The molecule has 3 rings (SSSR count). The fourth-order valence-electron chi connectivity index (χ4n) is 2.12. The number of aromatic nitrogens is 2. The Balaban J connectivity index is 1.77. The summed E-state index contributed by atoms with van der Waals surface area (Å²) in [5, 5.41) is 6.57. The van der Waals surface area contributed by atoms with E-state index in [1.54, 1.807) is 22.7 Å². The first-order valence-corrected chi connectivity index (χ1v) is 8.18. The Hall–Kier alpha value is -1.56. The maximum atomic E-state index is 4.71. The van der Waals surface area contributed by atoms with Gasteiger partial charge < -0.3 is 5.32 Å². The van der Waals surface area contributed by atoms with Gasteiger partial charge in [0.2, 0.25) is 0 Å². The van der Waals surface area contributed by atoms with E-state index in [2.05, 4.69) is 39.9 Å². The van der Waals surface area contributed by atoms with Crippen LogP contribution in [-0.4, -0.2) is 17.0 Å². The molecule has 0 bridgehead atoms. The topological polar surface area (TPSA) is 37.8 Å². The first kappa shape index (κ1) is 13.4. The van der Waals surface area contributed by atoms with Crippen LogP contribution in [0.25, 0.3) is 9.88 Å². The lowest BCUT2D eigenvalue weighted by atomic mass is 10.0. The summed E-state index contributed by atoms with van der Waals surface area (Å²) in [7, 11) is 1.99. The van der Waals surface area contributed by atoms with Gasteiger partial charge in [0.15, 0.2) is 0 Å². The zero-order valence-electron chi connectivity index (χ0n) is 11.1. The number of nitrogens with zero attached hydrogens (tertiary/aromatic N) is 2. The standard InChI is InChI=1S/C15H15N3S2/c1-16-13(11-5-3-2-4-6-11)7-12-9-19-15(18-12)14-8-17-10-20-14/h2-6,8-10,13,16H,7H2,1H3. The van der Waals surface area contributed by atoms with Crippen molar-refractivity contribution >= 4 is 22.7 Å². The summed E-state index contributed by atoms with van der Waals surface area (Å²) < 4.78 is 0. The maximum Gasteiger partial charge on any atom is 0.135 e. The minimum atomic E-state index is 0.299. The number of hydrogen-bond acceptors (Lipinski definition) is 5. The van der Waals surface area contributed by atoms with Crippen LogP contribution in [0, 0.1) is 0 Å². The molecule has 0 saturated heterocycles. The third kappa shape index (κ3) is 2.95. The van der Waals surface area contributed by atoms with Crippen molar-refractivity contribution < 1.29 is 0 Å². The van der Waals surface area contributed by atoms with Gasteiger partial charge in [0, 0.05) is 24.0 Å². The van der Waals surface area contributed by atoms with E-state index in [0.29, 0.717) is 6.04 Å².